The standard InChI is InChI=1S/C5H10FNO2/c1-2-7-4(3-6)5(8)9/h4,7H,2-3H2,1H3,(H,8,9). The molecule has 2 N–H and O–H groups in total. The predicted octanol–water partition coefficient (Wildman–Crippen LogP) is 0.0186. The topological polar surface area (TPSA) is 49.3 Å². The van der Waals surface area contributed by atoms with E-state index in [0.29, 0.717) is 6.54 Å². The van der Waals surface area contributed by atoms with Crippen molar-refractivity contribution in [3.8, 4) is 0 Å². The first-order chi connectivity index (χ1) is 4.22. The Labute approximate surface area is 52.9 Å². The zero-order valence-electron chi connectivity index (χ0n) is 5.22. The number of halogens is 1. The lowest BCUT2D eigenvalue weighted by molar-refractivity contribution is -0.139. The molecule has 0 saturated carbocycles. The molecule has 9 heavy (non-hydrogen) atoms. The number of alkyl halides is 1. The van der Waals surface area contributed by atoms with Crippen LogP contribution in [0.1, 0.15) is 6.92 Å². The van der Waals surface area contributed by atoms with Gasteiger partial charge in [-0.2, -0.15) is 0 Å². The molecule has 1 unspecified atom stereocenters. The summed E-state index contributed by atoms with van der Waals surface area (Å²) in [5.74, 6) is -1.14. The third kappa shape index (κ3) is 3.03. The van der Waals surface area contributed by atoms with Gasteiger partial charge in [0, 0.05) is 0 Å². The van der Waals surface area contributed by atoms with Crippen LogP contribution in [-0.2, 0) is 4.79 Å². The number of hydrogen-bond acceptors (Lipinski definition) is 2. The van der Waals surface area contributed by atoms with Crippen LogP contribution in [0.3, 0.4) is 0 Å². The molecule has 0 aliphatic heterocycles. The quantitative estimate of drug-likeness (QED) is 0.571. The second-order valence-corrected chi connectivity index (χ2v) is 1.60. The summed E-state index contributed by atoms with van der Waals surface area (Å²) in [5, 5.41) is 10.7. The smallest absolute Gasteiger partial charge is 0.323 e. The Morgan fingerprint density at radius 1 is 1.89 bits per heavy atom. The molecular weight excluding hydrogens is 125 g/mol. The van der Waals surface area contributed by atoms with E-state index in [-0.39, 0.29) is 0 Å². The molecule has 4 heteroatoms. The molecule has 0 radical (unpaired) electrons. The summed E-state index contributed by atoms with van der Waals surface area (Å²) < 4.78 is 11.7. The van der Waals surface area contributed by atoms with E-state index in [9.17, 15) is 9.18 Å². The van der Waals surface area contributed by atoms with Gasteiger partial charge in [-0.3, -0.25) is 4.79 Å². The zero-order chi connectivity index (χ0) is 7.28. The molecule has 0 heterocycles. The van der Waals surface area contributed by atoms with Crippen molar-refractivity contribution in [2.24, 2.45) is 0 Å². The lowest BCUT2D eigenvalue weighted by Gasteiger charge is -2.06. The van der Waals surface area contributed by atoms with Crippen LogP contribution in [0.2, 0.25) is 0 Å². The van der Waals surface area contributed by atoms with Gasteiger partial charge in [0.05, 0.1) is 0 Å². The van der Waals surface area contributed by atoms with Gasteiger partial charge in [-0.25, -0.2) is 4.39 Å². The number of carbonyl (C=O) groups is 1. The molecule has 0 aromatic heterocycles. The average molecular weight is 135 g/mol. The Balaban J connectivity index is 3.54. The van der Waals surface area contributed by atoms with Crippen LogP contribution >= 0.6 is 0 Å². The maximum atomic E-state index is 11.7. The van der Waals surface area contributed by atoms with E-state index in [1.807, 2.05) is 0 Å². The van der Waals surface area contributed by atoms with Crippen molar-refractivity contribution in [3.05, 3.63) is 0 Å². The molecule has 0 spiro atoms. The van der Waals surface area contributed by atoms with E-state index >= 15 is 0 Å². The second kappa shape index (κ2) is 4.26. The van der Waals surface area contributed by atoms with Crippen molar-refractivity contribution in [1.82, 2.24) is 5.32 Å². The van der Waals surface area contributed by atoms with Crippen molar-refractivity contribution in [3.63, 3.8) is 0 Å². The van der Waals surface area contributed by atoms with Gasteiger partial charge in [-0.15, -0.1) is 0 Å². The van der Waals surface area contributed by atoms with Gasteiger partial charge in [-0.1, -0.05) is 6.92 Å². The maximum Gasteiger partial charge on any atom is 0.323 e. The number of rotatable bonds is 4. The Kier molecular flexibility index (Phi) is 3.96. The van der Waals surface area contributed by atoms with E-state index in [4.69, 9.17) is 5.11 Å². The monoisotopic (exact) mass is 135 g/mol. The average Bonchev–Trinajstić information content (AvgIpc) is 1.82. The van der Waals surface area contributed by atoms with Gasteiger partial charge in [0.2, 0.25) is 0 Å². The fourth-order valence-electron chi connectivity index (χ4n) is 0.454. The van der Waals surface area contributed by atoms with Crippen molar-refractivity contribution >= 4 is 5.97 Å². The number of nitrogens with one attached hydrogen (secondary N) is 1. The van der Waals surface area contributed by atoms with Crippen LogP contribution in [0.4, 0.5) is 4.39 Å². The van der Waals surface area contributed by atoms with Crippen LogP contribution in [0, 0.1) is 0 Å². The highest BCUT2D eigenvalue weighted by molar-refractivity contribution is 5.73. The first-order valence-corrected chi connectivity index (χ1v) is 2.74. The van der Waals surface area contributed by atoms with Gasteiger partial charge >= 0.3 is 5.97 Å². The first-order valence-electron chi connectivity index (χ1n) is 2.74. The molecule has 0 aliphatic carbocycles. The minimum atomic E-state index is -1.14. The Bertz CT molecular complexity index is 97.0. The summed E-state index contributed by atoms with van der Waals surface area (Å²) in [6.07, 6.45) is 0. The van der Waals surface area contributed by atoms with Crippen molar-refractivity contribution in [1.29, 1.82) is 0 Å². The molecule has 3 nitrogen and oxygen atoms in total. The summed E-state index contributed by atoms with van der Waals surface area (Å²) >= 11 is 0. The first kappa shape index (κ1) is 8.36. The maximum absolute atomic E-state index is 11.7. The largest absolute Gasteiger partial charge is 0.480 e. The van der Waals surface area contributed by atoms with Gasteiger partial charge in [0.1, 0.15) is 12.7 Å². The normalized spacial score (nSPS) is 13.1. The van der Waals surface area contributed by atoms with Gasteiger partial charge in [-0.05, 0) is 6.54 Å². The molecule has 0 rings (SSSR count). The third-order valence-corrected chi connectivity index (χ3v) is 0.903. The molecule has 0 fully saturated rings. The van der Waals surface area contributed by atoms with Crippen LogP contribution < -0.4 is 5.32 Å². The van der Waals surface area contributed by atoms with Crippen LogP contribution in [0.15, 0.2) is 0 Å². The Morgan fingerprint density at radius 2 is 2.44 bits per heavy atom. The third-order valence-electron chi connectivity index (χ3n) is 0.903. The highest BCUT2D eigenvalue weighted by atomic mass is 19.1. The molecule has 0 saturated heterocycles. The lowest BCUT2D eigenvalue weighted by Crippen LogP contribution is -2.38. The second-order valence-electron chi connectivity index (χ2n) is 1.60. The highest BCUT2D eigenvalue weighted by Gasteiger charge is 2.13. The minimum Gasteiger partial charge on any atom is -0.480 e. The molecule has 0 amide bonds. The molecule has 0 aliphatic rings. The van der Waals surface area contributed by atoms with Crippen molar-refractivity contribution < 1.29 is 14.3 Å². The van der Waals surface area contributed by atoms with E-state index in [0.717, 1.165) is 0 Å². The molecule has 1 atom stereocenters. The van der Waals surface area contributed by atoms with Gasteiger partial charge < -0.3 is 10.4 Å². The highest BCUT2D eigenvalue weighted by Crippen LogP contribution is 1.83. The van der Waals surface area contributed by atoms with Crippen LogP contribution in [0.5, 0.6) is 0 Å². The van der Waals surface area contributed by atoms with E-state index in [2.05, 4.69) is 5.32 Å². The Morgan fingerprint density at radius 3 is 2.56 bits per heavy atom. The van der Waals surface area contributed by atoms with Crippen LogP contribution in [0.25, 0.3) is 0 Å². The molecule has 54 valence electrons. The van der Waals surface area contributed by atoms with Gasteiger partial charge in [0.15, 0.2) is 0 Å². The van der Waals surface area contributed by atoms with Crippen molar-refractivity contribution in [2.45, 2.75) is 13.0 Å². The fraction of sp³-hybridized carbons (Fsp3) is 0.800. The van der Waals surface area contributed by atoms with Crippen molar-refractivity contribution in [2.75, 3.05) is 13.2 Å². The molecule has 0 bridgehead atoms. The number of carboxylic acids is 1. The summed E-state index contributed by atoms with van der Waals surface area (Å²) in [6, 6.07) is -1.03. The summed E-state index contributed by atoms with van der Waals surface area (Å²) in [4.78, 5) is 10.0. The lowest BCUT2D eigenvalue weighted by atomic mass is 10.3. The van der Waals surface area contributed by atoms with E-state index in [1.54, 1.807) is 6.92 Å². The number of carboxylic acid groups (broad SMARTS) is 1. The summed E-state index contributed by atoms with van der Waals surface area (Å²) in [6.45, 7) is 1.34. The molecular formula is C5H10FNO2. The van der Waals surface area contributed by atoms with Crippen LogP contribution in [-0.4, -0.2) is 30.3 Å². The predicted molar refractivity (Wildman–Crippen MR) is 31.1 cm³/mol. The summed E-state index contributed by atoms with van der Waals surface area (Å²) in [7, 11) is 0. The minimum absolute atomic E-state index is 0.473. The molecule has 0 aromatic rings. The zero-order valence-corrected chi connectivity index (χ0v) is 5.22. The SMILES string of the molecule is CCNC(CF)C(=O)O. The summed E-state index contributed by atoms with van der Waals surface area (Å²) in [5.41, 5.74) is 0. The Hall–Kier alpha value is -0.640. The fourth-order valence-corrected chi connectivity index (χ4v) is 0.454. The number of likely N-dealkylation sites (N-methyl/N-ethyl adjacent to an activating group) is 1. The number of aliphatic carboxylic acids is 1. The number of hydrogen-bond donors (Lipinski definition) is 2. The molecule has 0 aromatic carbocycles. The van der Waals surface area contributed by atoms with Gasteiger partial charge in [0.25, 0.3) is 0 Å². The van der Waals surface area contributed by atoms with E-state index < -0.39 is 18.7 Å². The van der Waals surface area contributed by atoms with E-state index in [1.165, 1.54) is 0 Å².